The van der Waals surface area contributed by atoms with Crippen molar-refractivity contribution in [3.05, 3.63) is 36.0 Å². The van der Waals surface area contributed by atoms with Crippen LogP contribution in [0.25, 0.3) is 0 Å². The first-order valence-corrected chi connectivity index (χ1v) is 14.5. The molecule has 0 amide bonds. The lowest BCUT2D eigenvalue weighted by molar-refractivity contribution is -0.160. The number of fused-ring (bicyclic) bond motifs is 5. The molecule has 1 aromatic heterocycles. The molecule has 0 aromatic carbocycles. The number of hydrogen-bond donors (Lipinski definition) is 1. The van der Waals surface area contributed by atoms with Crippen LogP contribution in [0, 0.1) is 34.5 Å². The quantitative estimate of drug-likeness (QED) is 0.557. The number of piperazine rings is 1. The number of nitrogens with zero attached hydrogens (tertiary/aromatic N) is 3. The summed E-state index contributed by atoms with van der Waals surface area (Å²) >= 11 is 0. The molecule has 6 nitrogen and oxygen atoms in total. The molecule has 38 heavy (non-hydrogen) atoms. The van der Waals surface area contributed by atoms with Gasteiger partial charge in [0.25, 0.3) is 0 Å². The van der Waals surface area contributed by atoms with Crippen molar-refractivity contribution in [2.24, 2.45) is 34.5 Å². The Bertz CT molecular complexity index is 1100. The first-order valence-electron chi connectivity index (χ1n) is 14.5. The molecule has 3 saturated carbocycles. The summed E-state index contributed by atoms with van der Waals surface area (Å²) in [5.41, 5.74) is -0.0632. The minimum Gasteiger partial charge on any atom is -0.381 e. The second-order valence-corrected chi connectivity index (χ2v) is 13.2. The summed E-state index contributed by atoms with van der Waals surface area (Å²) < 4.78 is 0. The summed E-state index contributed by atoms with van der Waals surface area (Å²) in [6.45, 7) is 10.3. The third-order valence-corrected chi connectivity index (χ3v) is 11.6. The number of aliphatic hydroxyl groups is 1. The van der Waals surface area contributed by atoms with Crippen LogP contribution in [0.3, 0.4) is 0 Å². The molecule has 1 saturated heterocycles. The monoisotopic (exact) mass is 541 g/mol. The fraction of sp³-hybridized carbons (Fsp3) is 0.710. The molecule has 1 N–H and O–H groups in total. The zero-order valence-electron chi connectivity index (χ0n) is 23.2. The minimum absolute atomic E-state index is 0. The number of allylic oxidation sites excluding steroid dienone is 2. The van der Waals surface area contributed by atoms with Gasteiger partial charge in [-0.25, -0.2) is 4.98 Å². The average Bonchev–Trinajstić information content (AvgIpc) is 3.11. The third kappa shape index (κ3) is 4.08. The standard InChI is InChI=1S/C31H43N3O3.ClH/c1-21-18-26-24-8-7-22-19-23(35)9-11-29(22,2)25(24)10-12-30(26,3)31(21,37)27(36)20-33-14-16-34(17-15-33)28-6-4-5-13-32-28;/h4-6,10,13,21-22,24,26,37H,7-9,11-12,14-20H2,1-3H3;1H/t21-,22?,24-,26+,29+,30+,31+;/m1./s1. The van der Waals surface area contributed by atoms with Crippen molar-refractivity contribution < 1.29 is 14.7 Å². The first-order chi connectivity index (χ1) is 17.7. The van der Waals surface area contributed by atoms with Crippen LogP contribution in [-0.4, -0.2) is 64.9 Å². The van der Waals surface area contributed by atoms with E-state index in [0.29, 0.717) is 36.5 Å². The van der Waals surface area contributed by atoms with Gasteiger partial charge in [-0.1, -0.05) is 38.5 Å². The Morgan fingerprint density at radius 3 is 2.63 bits per heavy atom. The molecule has 5 aliphatic rings. The number of ketones is 2. The maximum atomic E-state index is 14.0. The molecule has 1 aliphatic heterocycles. The summed E-state index contributed by atoms with van der Waals surface area (Å²) in [7, 11) is 0. The van der Waals surface area contributed by atoms with Gasteiger partial charge in [-0.05, 0) is 73.3 Å². The number of halogens is 1. The van der Waals surface area contributed by atoms with Crippen molar-refractivity contribution in [2.45, 2.75) is 71.3 Å². The molecular formula is C31H44ClN3O3. The van der Waals surface area contributed by atoms with E-state index in [1.165, 1.54) is 0 Å². The van der Waals surface area contributed by atoms with Crippen molar-refractivity contribution in [3.8, 4) is 0 Å². The van der Waals surface area contributed by atoms with E-state index < -0.39 is 11.0 Å². The number of carbonyl (C=O) groups excluding carboxylic acids is 2. The number of rotatable bonds is 4. The molecule has 1 unspecified atom stereocenters. The Morgan fingerprint density at radius 1 is 1.16 bits per heavy atom. The van der Waals surface area contributed by atoms with Crippen LogP contribution < -0.4 is 4.90 Å². The van der Waals surface area contributed by atoms with E-state index in [0.717, 1.165) is 70.5 Å². The van der Waals surface area contributed by atoms with Crippen LogP contribution in [0.1, 0.15) is 65.7 Å². The van der Waals surface area contributed by atoms with Gasteiger partial charge in [-0.3, -0.25) is 14.5 Å². The van der Waals surface area contributed by atoms with E-state index in [1.54, 1.807) is 5.57 Å². The molecule has 0 radical (unpaired) electrons. The maximum absolute atomic E-state index is 14.0. The van der Waals surface area contributed by atoms with E-state index in [1.807, 2.05) is 24.4 Å². The van der Waals surface area contributed by atoms with E-state index in [4.69, 9.17) is 0 Å². The smallest absolute Gasteiger partial charge is 0.179 e. The van der Waals surface area contributed by atoms with Crippen molar-refractivity contribution in [2.75, 3.05) is 37.6 Å². The van der Waals surface area contributed by atoms with Crippen LogP contribution in [0.2, 0.25) is 0 Å². The number of Topliss-reactive ketones (excluding diaryl/α,β-unsaturated/α-hetero) is 2. The number of carbonyl (C=O) groups is 2. The Kier molecular flexibility index (Phi) is 7.32. The van der Waals surface area contributed by atoms with Gasteiger partial charge in [0, 0.05) is 50.6 Å². The highest BCUT2D eigenvalue weighted by Gasteiger charge is 2.67. The Balaban J connectivity index is 0.00000294. The lowest BCUT2D eigenvalue weighted by atomic mass is 9.48. The Morgan fingerprint density at radius 2 is 1.92 bits per heavy atom. The number of aromatic nitrogens is 1. The molecule has 2 heterocycles. The van der Waals surface area contributed by atoms with Crippen molar-refractivity contribution in [3.63, 3.8) is 0 Å². The highest BCUT2D eigenvalue weighted by atomic mass is 35.5. The van der Waals surface area contributed by atoms with Crippen molar-refractivity contribution >= 4 is 29.8 Å². The Hall–Kier alpha value is -1.76. The molecular weight excluding hydrogens is 498 g/mol. The molecule has 6 rings (SSSR count). The second-order valence-electron chi connectivity index (χ2n) is 13.2. The fourth-order valence-electron chi connectivity index (χ4n) is 9.26. The number of pyridine rings is 1. The van der Waals surface area contributed by atoms with Gasteiger partial charge in [0.2, 0.25) is 0 Å². The molecule has 7 atom stereocenters. The molecule has 7 heteroatoms. The van der Waals surface area contributed by atoms with Crippen molar-refractivity contribution in [1.82, 2.24) is 9.88 Å². The third-order valence-electron chi connectivity index (χ3n) is 11.6. The van der Waals surface area contributed by atoms with Gasteiger partial charge in [0.15, 0.2) is 5.78 Å². The predicted molar refractivity (Wildman–Crippen MR) is 151 cm³/mol. The van der Waals surface area contributed by atoms with Gasteiger partial charge in [-0.15, -0.1) is 12.4 Å². The number of anilines is 1. The zero-order valence-corrected chi connectivity index (χ0v) is 24.0. The maximum Gasteiger partial charge on any atom is 0.179 e. The average molecular weight is 542 g/mol. The van der Waals surface area contributed by atoms with Gasteiger partial charge in [-0.2, -0.15) is 0 Å². The Labute approximate surface area is 233 Å². The highest BCUT2D eigenvalue weighted by molar-refractivity contribution is 5.91. The SMILES string of the molecule is C[C@@H]1C[C@H]2[C@@H]3CCC4CC(=O)CC[C@]4(C)C3=CC[C@]2(C)[C@@]1(O)C(=O)CN1CCN(c2ccccn2)CC1.Cl. The highest BCUT2D eigenvalue weighted by Crippen LogP contribution is 2.67. The van der Waals surface area contributed by atoms with E-state index in [2.05, 4.69) is 41.6 Å². The molecule has 208 valence electrons. The lowest BCUT2D eigenvalue weighted by Crippen LogP contribution is -2.60. The topological polar surface area (TPSA) is 73.7 Å². The van der Waals surface area contributed by atoms with Crippen LogP contribution in [0.15, 0.2) is 36.0 Å². The summed E-state index contributed by atoms with van der Waals surface area (Å²) in [4.78, 5) is 35.1. The van der Waals surface area contributed by atoms with E-state index in [-0.39, 0.29) is 29.5 Å². The summed E-state index contributed by atoms with van der Waals surface area (Å²) in [5, 5.41) is 12.3. The number of hydrogen-bond acceptors (Lipinski definition) is 6. The van der Waals surface area contributed by atoms with E-state index in [9.17, 15) is 14.7 Å². The summed E-state index contributed by atoms with van der Waals surface area (Å²) in [6, 6.07) is 5.98. The molecule has 1 aromatic rings. The largest absolute Gasteiger partial charge is 0.381 e. The predicted octanol–water partition coefficient (Wildman–Crippen LogP) is 4.70. The van der Waals surface area contributed by atoms with Gasteiger partial charge < -0.3 is 10.0 Å². The first kappa shape index (κ1) is 27.8. The van der Waals surface area contributed by atoms with Crippen LogP contribution in [0.4, 0.5) is 5.82 Å². The molecule has 4 fully saturated rings. The second kappa shape index (κ2) is 10.0. The van der Waals surface area contributed by atoms with Crippen LogP contribution >= 0.6 is 12.4 Å². The van der Waals surface area contributed by atoms with Crippen LogP contribution in [0.5, 0.6) is 0 Å². The van der Waals surface area contributed by atoms with Crippen molar-refractivity contribution in [1.29, 1.82) is 0 Å². The fourth-order valence-corrected chi connectivity index (χ4v) is 9.26. The summed E-state index contributed by atoms with van der Waals surface area (Å²) in [6.07, 6.45) is 10.5. The summed E-state index contributed by atoms with van der Waals surface area (Å²) in [5.74, 6) is 2.60. The minimum atomic E-state index is -1.29. The molecule has 4 aliphatic carbocycles. The normalized spacial score (nSPS) is 40.9. The van der Waals surface area contributed by atoms with Gasteiger partial charge >= 0.3 is 0 Å². The van der Waals surface area contributed by atoms with Gasteiger partial charge in [0.1, 0.15) is 17.2 Å². The van der Waals surface area contributed by atoms with Crippen LogP contribution in [-0.2, 0) is 9.59 Å². The lowest BCUT2D eigenvalue weighted by Gasteiger charge is -2.56. The van der Waals surface area contributed by atoms with Gasteiger partial charge in [0.05, 0.1) is 6.54 Å². The zero-order chi connectivity index (χ0) is 26.0. The van der Waals surface area contributed by atoms with E-state index >= 15 is 0 Å². The molecule has 0 bridgehead atoms. The molecule has 0 spiro atoms.